The molecule has 65 heavy (non-hydrogen) atoms. The molecule has 12 aliphatic rings. The number of amides is 1. The first-order valence-electron chi connectivity index (χ1n) is 25.1. The van der Waals surface area contributed by atoms with Crippen molar-refractivity contribution >= 4 is 39.1 Å². The van der Waals surface area contributed by atoms with Gasteiger partial charge in [0.05, 0.1) is 31.0 Å². The van der Waals surface area contributed by atoms with E-state index in [1.807, 2.05) is 12.3 Å². The van der Waals surface area contributed by atoms with Crippen molar-refractivity contribution in [2.24, 2.45) is 0 Å². The molecule has 0 unspecified atom stereocenters. The van der Waals surface area contributed by atoms with Gasteiger partial charge in [0, 0.05) is 97.2 Å². The molecule has 0 aromatic carbocycles. The molecule has 14 nitrogen and oxygen atoms in total. The maximum absolute atomic E-state index is 10.4. The number of ketones is 3. The van der Waals surface area contributed by atoms with Crippen LogP contribution in [0.15, 0.2) is 36.8 Å². The Bertz CT molecular complexity index is 1170. The lowest BCUT2D eigenvalue weighted by atomic mass is 10.4. The van der Waals surface area contributed by atoms with Gasteiger partial charge < -0.3 is 35.5 Å². The molecule has 5 saturated heterocycles. The van der Waals surface area contributed by atoms with Crippen molar-refractivity contribution in [2.45, 2.75) is 173 Å². The van der Waals surface area contributed by atoms with Gasteiger partial charge in [-0.1, -0.05) is 37.5 Å². The molecule has 8 heterocycles. The Kier molecular flexibility index (Phi) is 40.8. The van der Waals surface area contributed by atoms with Crippen molar-refractivity contribution < 1.29 is 46.6 Å². The quantitative estimate of drug-likeness (QED) is 0.136. The average molecular weight is 937 g/mol. The normalized spacial score (nSPS) is 22.4. The summed E-state index contributed by atoms with van der Waals surface area (Å²) in [6, 6.07) is 0. The van der Waals surface area contributed by atoms with E-state index in [0.29, 0.717) is 41.9 Å². The molecule has 4 saturated carbocycles. The lowest BCUT2D eigenvalue weighted by Gasteiger charge is -1.81. The number of Topliss-reactive ketones (excluding diaryl/α,β-unsaturated/α-hetero) is 3. The third kappa shape index (κ3) is 46.9. The van der Waals surface area contributed by atoms with E-state index in [4.69, 9.17) is 9.47 Å². The first-order valence-corrected chi connectivity index (χ1v) is 27.0. The van der Waals surface area contributed by atoms with E-state index >= 15 is 0 Å². The van der Waals surface area contributed by atoms with E-state index < -0.39 is 9.84 Å². The molecule has 9 fully saturated rings. The minimum Gasteiger partial charge on any atom is -0.501 e. The van der Waals surface area contributed by atoms with Crippen molar-refractivity contribution in [1.82, 2.24) is 21.3 Å². The van der Waals surface area contributed by atoms with Gasteiger partial charge in [-0.2, -0.15) is 0 Å². The molecular weight excluding hydrogens is 849 g/mol. The standard InChI is InChI=1S/3C5H8O.C4H7NO.C4H9N.2C4H7N.C4H8O2S.C4H6O2.C4H8O.C4H6O.C3H6/c3*6-5-3-1-2-4-5;6-4-2-1-3-5-4;3*1-2-4-5-3-1;5-7(6)3-1-2-4-7;5-4-2-1-3-6-4;2*1-2-4-5-3-1;1-2-3-1/h3*1-4H2;1-3H2,(H,5,6);5H,1-4H2;1,3,5H,2,4H2;1-2,5H,3-4H2;1-4H2;1-3H2;1-4H2;1,3H,2,4H2;1-3H2. The van der Waals surface area contributed by atoms with Crippen LogP contribution in [0.1, 0.15) is 173 Å². The van der Waals surface area contributed by atoms with Crippen LogP contribution < -0.4 is 21.3 Å². The zero-order chi connectivity index (χ0) is 47.2. The first kappa shape index (κ1) is 59.6. The molecular formula is C50H88N4O10S. The Balaban J connectivity index is 0.000000356. The number of cyclic esters (lactones) is 1. The van der Waals surface area contributed by atoms with E-state index in [2.05, 4.69) is 44.2 Å². The van der Waals surface area contributed by atoms with Crippen LogP contribution in [0.25, 0.3) is 0 Å². The molecule has 15 heteroatoms. The van der Waals surface area contributed by atoms with Crippen molar-refractivity contribution in [3.8, 4) is 0 Å². The molecule has 4 aliphatic carbocycles. The Labute approximate surface area is 393 Å². The first-order chi connectivity index (χ1) is 31.7. The Hall–Kier alpha value is -3.40. The second-order valence-corrected chi connectivity index (χ2v) is 19.3. The van der Waals surface area contributed by atoms with Gasteiger partial charge in [0.2, 0.25) is 5.91 Å². The predicted molar refractivity (Wildman–Crippen MR) is 260 cm³/mol. The number of hydrogen-bond donors (Lipinski definition) is 4. The summed E-state index contributed by atoms with van der Waals surface area (Å²) >= 11 is 0. The highest BCUT2D eigenvalue weighted by atomic mass is 32.2. The molecule has 4 N–H and O–H groups in total. The van der Waals surface area contributed by atoms with Crippen LogP contribution in [0, 0.1) is 0 Å². The Morgan fingerprint density at radius 2 is 1.00 bits per heavy atom. The van der Waals surface area contributed by atoms with Gasteiger partial charge in [-0.3, -0.25) is 24.0 Å². The number of nitrogens with one attached hydrogen (secondary N) is 4. The van der Waals surface area contributed by atoms with Crippen LogP contribution in [-0.2, 0) is 48.0 Å². The van der Waals surface area contributed by atoms with E-state index in [0.717, 1.165) is 162 Å². The van der Waals surface area contributed by atoms with E-state index in [1.165, 1.54) is 64.5 Å². The van der Waals surface area contributed by atoms with Crippen molar-refractivity contribution in [1.29, 1.82) is 0 Å². The highest BCUT2D eigenvalue weighted by Crippen LogP contribution is 2.15. The topological polar surface area (TPSA) is 195 Å². The second kappa shape index (κ2) is 44.4. The highest BCUT2D eigenvalue weighted by Gasteiger charge is 2.16. The fourth-order valence-corrected chi connectivity index (χ4v) is 7.89. The smallest absolute Gasteiger partial charge is 0.305 e. The Morgan fingerprint density at radius 3 is 1.14 bits per heavy atom. The second-order valence-electron chi connectivity index (χ2n) is 17.0. The van der Waals surface area contributed by atoms with Gasteiger partial charge in [-0.25, -0.2) is 8.42 Å². The summed E-state index contributed by atoms with van der Waals surface area (Å²) in [6.45, 7) is 10.2. The van der Waals surface area contributed by atoms with Crippen LogP contribution in [-0.4, -0.2) is 115 Å². The number of sulfone groups is 1. The fourth-order valence-electron chi connectivity index (χ4n) is 6.40. The lowest BCUT2D eigenvalue weighted by molar-refractivity contribution is -0.138. The van der Waals surface area contributed by atoms with E-state index in [9.17, 15) is 32.4 Å². The van der Waals surface area contributed by atoms with Gasteiger partial charge in [0.1, 0.15) is 27.2 Å². The zero-order valence-electron chi connectivity index (χ0n) is 40.0. The number of esters is 1. The van der Waals surface area contributed by atoms with Gasteiger partial charge >= 0.3 is 5.97 Å². The van der Waals surface area contributed by atoms with Crippen LogP contribution in [0.3, 0.4) is 0 Å². The van der Waals surface area contributed by atoms with Crippen molar-refractivity contribution in [3.05, 3.63) is 36.8 Å². The molecule has 374 valence electrons. The van der Waals surface area contributed by atoms with Crippen LogP contribution in [0.2, 0.25) is 0 Å². The summed E-state index contributed by atoms with van der Waals surface area (Å²) in [5, 5.41) is 12.1. The molecule has 0 bridgehead atoms. The summed E-state index contributed by atoms with van der Waals surface area (Å²) in [6.07, 6.45) is 41.2. The average Bonchev–Trinajstić information content (AvgIpc) is 4.17. The van der Waals surface area contributed by atoms with Crippen LogP contribution in [0.5, 0.6) is 0 Å². The molecule has 0 aromatic heterocycles. The van der Waals surface area contributed by atoms with E-state index in [1.54, 1.807) is 6.26 Å². The molecule has 12 rings (SSSR count). The maximum Gasteiger partial charge on any atom is 0.305 e. The van der Waals surface area contributed by atoms with Crippen molar-refractivity contribution in [2.75, 3.05) is 77.2 Å². The van der Waals surface area contributed by atoms with Gasteiger partial charge in [-0.15, -0.1) is 0 Å². The number of carbonyl (C=O) groups is 5. The number of hydrogen-bond acceptors (Lipinski definition) is 13. The number of carbonyl (C=O) groups excluding carboxylic acids is 5. The van der Waals surface area contributed by atoms with Gasteiger partial charge in [-0.05, 0) is 122 Å². The zero-order valence-corrected chi connectivity index (χ0v) is 40.8. The SMILES string of the molecule is C1=CCNC1.C1=CNCC1.C1=COCC1.C1CC1.C1CCNC1.C1CCOC1.O=C1CCCC1.O=C1CCCC1.O=C1CCCC1.O=C1CCCN1.O=C1CCCO1.O=S1(=O)CCCC1. The third-order valence-corrected chi connectivity index (χ3v) is 12.3. The summed E-state index contributed by atoms with van der Waals surface area (Å²) < 4.78 is 35.1. The lowest BCUT2D eigenvalue weighted by Crippen LogP contribution is -2.12. The molecule has 0 aromatic rings. The van der Waals surface area contributed by atoms with Crippen LogP contribution >= 0.6 is 0 Å². The molecule has 1 amide bonds. The van der Waals surface area contributed by atoms with Gasteiger partial charge in [0.15, 0.2) is 0 Å². The molecule has 0 radical (unpaired) electrons. The predicted octanol–water partition coefficient (Wildman–Crippen LogP) is 7.70. The van der Waals surface area contributed by atoms with Crippen LogP contribution in [0.4, 0.5) is 0 Å². The summed E-state index contributed by atoms with van der Waals surface area (Å²) in [7, 11) is -2.55. The molecule has 8 aliphatic heterocycles. The monoisotopic (exact) mass is 937 g/mol. The van der Waals surface area contributed by atoms with E-state index in [-0.39, 0.29) is 11.9 Å². The minimum atomic E-state index is -2.55. The largest absolute Gasteiger partial charge is 0.501 e. The summed E-state index contributed by atoms with van der Waals surface area (Å²) in [4.78, 5) is 50.9. The molecule has 0 spiro atoms. The number of rotatable bonds is 0. The van der Waals surface area contributed by atoms with Gasteiger partial charge in [0.25, 0.3) is 0 Å². The minimum absolute atomic E-state index is 0.0463. The summed E-state index contributed by atoms with van der Waals surface area (Å²) in [5.74, 6) is 2.37. The maximum atomic E-state index is 10.4. The highest BCUT2D eigenvalue weighted by molar-refractivity contribution is 7.91. The fraction of sp³-hybridized carbons (Fsp3) is 0.780. The Morgan fingerprint density at radius 1 is 0.446 bits per heavy atom. The summed E-state index contributed by atoms with van der Waals surface area (Å²) in [5.41, 5.74) is 0. The third-order valence-electron chi connectivity index (χ3n) is 10.5. The molecule has 0 atom stereocenters. The number of ether oxygens (including phenoxy) is 3. The van der Waals surface area contributed by atoms with Crippen molar-refractivity contribution in [3.63, 3.8) is 0 Å².